The Balaban J connectivity index is 1.65. The minimum Gasteiger partial charge on any atom is -0.497 e. The molecule has 2 amide bonds. The lowest BCUT2D eigenvalue weighted by molar-refractivity contribution is -0.122. The van der Waals surface area contributed by atoms with Gasteiger partial charge in [-0.25, -0.2) is 9.97 Å². The quantitative estimate of drug-likeness (QED) is 0.900. The summed E-state index contributed by atoms with van der Waals surface area (Å²) < 4.78 is 5.12. The number of aryl methyl sites for hydroxylation is 1. The van der Waals surface area contributed by atoms with Crippen LogP contribution in [-0.2, 0) is 16.0 Å². The van der Waals surface area contributed by atoms with Gasteiger partial charge in [-0.15, -0.1) is 0 Å². The Kier molecular flexibility index (Phi) is 4.92. The van der Waals surface area contributed by atoms with Gasteiger partial charge in [0.25, 0.3) is 0 Å². The van der Waals surface area contributed by atoms with E-state index in [1.165, 1.54) is 0 Å². The maximum absolute atomic E-state index is 12.4. The van der Waals surface area contributed by atoms with E-state index in [2.05, 4.69) is 15.3 Å². The van der Waals surface area contributed by atoms with Gasteiger partial charge in [-0.1, -0.05) is 6.92 Å². The van der Waals surface area contributed by atoms with E-state index < -0.39 is 5.92 Å². The highest BCUT2D eigenvalue weighted by Crippen LogP contribution is 2.27. The van der Waals surface area contributed by atoms with Gasteiger partial charge in [0.05, 0.1) is 31.1 Å². The molecule has 1 aliphatic rings. The van der Waals surface area contributed by atoms with Crippen LogP contribution in [0.3, 0.4) is 0 Å². The lowest BCUT2D eigenvalue weighted by Gasteiger charge is -2.17. The fourth-order valence-electron chi connectivity index (χ4n) is 2.74. The summed E-state index contributed by atoms with van der Waals surface area (Å²) in [7, 11) is 1.59. The highest BCUT2D eigenvalue weighted by atomic mass is 16.5. The van der Waals surface area contributed by atoms with Crippen molar-refractivity contribution >= 4 is 23.2 Å². The molecule has 1 unspecified atom stereocenters. The van der Waals surface area contributed by atoms with E-state index in [1.54, 1.807) is 36.5 Å². The van der Waals surface area contributed by atoms with Crippen molar-refractivity contribution in [3.8, 4) is 5.75 Å². The molecule has 1 saturated heterocycles. The second-order valence-corrected chi connectivity index (χ2v) is 5.83. The maximum Gasteiger partial charge on any atom is 0.229 e. The lowest BCUT2D eigenvalue weighted by Crippen LogP contribution is -2.28. The molecule has 0 bridgehead atoms. The van der Waals surface area contributed by atoms with Gasteiger partial charge in [0.1, 0.15) is 11.6 Å². The van der Waals surface area contributed by atoms with E-state index in [9.17, 15) is 9.59 Å². The van der Waals surface area contributed by atoms with Gasteiger partial charge in [0.2, 0.25) is 11.8 Å². The van der Waals surface area contributed by atoms with Gasteiger partial charge < -0.3 is 15.0 Å². The Morgan fingerprint density at radius 2 is 1.96 bits per heavy atom. The third kappa shape index (κ3) is 3.76. The number of carbonyl (C=O) groups is 2. The summed E-state index contributed by atoms with van der Waals surface area (Å²) in [6.45, 7) is 2.32. The molecule has 2 heterocycles. The number of amides is 2. The number of benzene rings is 1. The number of aromatic nitrogens is 2. The summed E-state index contributed by atoms with van der Waals surface area (Å²) in [5, 5.41) is 2.78. The zero-order valence-electron chi connectivity index (χ0n) is 14.2. The first-order valence-electron chi connectivity index (χ1n) is 8.17. The average molecular weight is 340 g/mol. The lowest BCUT2D eigenvalue weighted by atomic mass is 10.1. The Labute approximate surface area is 146 Å². The van der Waals surface area contributed by atoms with Gasteiger partial charge in [-0.05, 0) is 24.3 Å². The summed E-state index contributed by atoms with van der Waals surface area (Å²) >= 11 is 0. The van der Waals surface area contributed by atoms with Crippen LogP contribution in [0.5, 0.6) is 5.75 Å². The van der Waals surface area contributed by atoms with E-state index in [0.717, 1.165) is 23.7 Å². The summed E-state index contributed by atoms with van der Waals surface area (Å²) in [5.74, 6) is 0.778. The van der Waals surface area contributed by atoms with Crippen molar-refractivity contribution < 1.29 is 14.3 Å². The Bertz CT molecular complexity index is 759. The number of ether oxygens (including phenoxy) is 1. The Morgan fingerprint density at radius 3 is 2.56 bits per heavy atom. The minimum absolute atomic E-state index is 0.0668. The fraction of sp³-hybridized carbons (Fsp3) is 0.333. The van der Waals surface area contributed by atoms with Crippen LogP contribution in [-0.4, -0.2) is 35.4 Å². The number of anilines is 2. The van der Waals surface area contributed by atoms with Crippen LogP contribution in [0.2, 0.25) is 0 Å². The Morgan fingerprint density at radius 1 is 1.28 bits per heavy atom. The number of nitrogens with zero attached hydrogens (tertiary/aromatic N) is 3. The van der Waals surface area contributed by atoms with E-state index in [4.69, 9.17) is 4.74 Å². The van der Waals surface area contributed by atoms with Crippen LogP contribution in [0.4, 0.5) is 11.4 Å². The van der Waals surface area contributed by atoms with Crippen LogP contribution in [0.1, 0.15) is 19.2 Å². The number of hydrogen-bond acceptors (Lipinski definition) is 5. The fourth-order valence-corrected chi connectivity index (χ4v) is 2.74. The number of rotatable bonds is 5. The highest BCUT2D eigenvalue weighted by Gasteiger charge is 2.35. The minimum atomic E-state index is -0.402. The normalized spacial score (nSPS) is 16.8. The van der Waals surface area contributed by atoms with Crippen molar-refractivity contribution in [2.24, 2.45) is 5.92 Å². The molecular weight excluding hydrogens is 320 g/mol. The van der Waals surface area contributed by atoms with Crippen molar-refractivity contribution in [2.75, 3.05) is 23.9 Å². The topological polar surface area (TPSA) is 84.4 Å². The van der Waals surface area contributed by atoms with Crippen LogP contribution in [0.15, 0.2) is 36.7 Å². The van der Waals surface area contributed by atoms with Crippen molar-refractivity contribution in [3.63, 3.8) is 0 Å². The Hall–Kier alpha value is -2.96. The van der Waals surface area contributed by atoms with Crippen LogP contribution < -0.4 is 15.0 Å². The van der Waals surface area contributed by atoms with Crippen molar-refractivity contribution in [1.29, 1.82) is 0 Å². The highest BCUT2D eigenvalue weighted by molar-refractivity contribution is 6.03. The molecule has 2 aromatic rings. The third-order valence-corrected chi connectivity index (χ3v) is 4.17. The average Bonchev–Trinajstić information content (AvgIpc) is 3.04. The molecule has 7 heteroatoms. The van der Waals surface area contributed by atoms with E-state index in [1.807, 2.05) is 19.1 Å². The maximum atomic E-state index is 12.4. The van der Waals surface area contributed by atoms with Crippen molar-refractivity contribution in [1.82, 2.24) is 9.97 Å². The molecular formula is C18H20N4O3. The standard InChI is InChI=1S/C18H20N4O3/c1-3-16-19-9-13(10-20-16)21-18(24)12-8-17(23)22(11-12)14-4-6-15(25-2)7-5-14/h4-7,9-10,12H,3,8,11H2,1-2H3,(H,21,24). The van der Waals surface area contributed by atoms with Crippen LogP contribution >= 0.6 is 0 Å². The summed E-state index contributed by atoms with van der Waals surface area (Å²) in [5.41, 5.74) is 1.30. The molecule has 1 N–H and O–H groups in total. The zero-order chi connectivity index (χ0) is 17.8. The molecule has 1 aromatic heterocycles. The molecule has 1 fully saturated rings. The molecule has 1 aromatic carbocycles. The molecule has 25 heavy (non-hydrogen) atoms. The number of nitrogens with one attached hydrogen (secondary N) is 1. The summed E-state index contributed by atoms with van der Waals surface area (Å²) in [4.78, 5) is 34.6. The van der Waals surface area contributed by atoms with Crippen LogP contribution in [0, 0.1) is 5.92 Å². The van der Waals surface area contributed by atoms with Gasteiger partial charge in [-0.3, -0.25) is 9.59 Å². The first-order chi connectivity index (χ1) is 12.1. The molecule has 7 nitrogen and oxygen atoms in total. The monoisotopic (exact) mass is 340 g/mol. The van der Waals surface area contributed by atoms with E-state index in [0.29, 0.717) is 12.2 Å². The van der Waals surface area contributed by atoms with Gasteiger partial charge >= 0.3 is 0 Å². The van der Waals surface area contributed by atoms with Gasteiger partial charge in [0, 0.05) is 25.1 Å². The first-order valence-corrected chi connectivity index (χ1v) is 8.17. The second kappa shape index (κ2) is 7.29. The number of methoxy groups -OCH3 is 1. The number of hydrogen-bond donors (Lipinski definition) is 1. The predicted octanol–water partition coefficient (Wildman–Crippen LogP) is 2.04. The summed E-state index contributed by atoms with van der Waals surface area (Å²) in [6.07, 6.45) is 4.09. The smallest absolute Gasteiger partial charge is 0.229 e. The first kappa shape index (κ1) is 16.9. The van der Waals surface area contributed by atoms with Gasteiger partial charge in [0.15, 0.2) is 0 Å². The van der Waals surface area contributed by atoms with Gasteiger partial charge in [-0.2, -0.15) is 0 Å². The second-order valence-electron chi connectivity index (χ2n) is 5.83. The van der Waals surface area contributed by atoms with Crippen molar-refractivity contribution in [2.45, 2.75) is 19.8 Å². The number of carbonyl (C=O) groups excluding carboxylic acids is 2. The largest absolute Gasteiger partial charge is 0.497 e. The molecule has 0 aliphatic carbocycles. The van der Waals surface area contributed by atoms with E-state index >= 15 is 0 Å². The molecule has 1 aliphatic heterocycles. The molecule has 1 atom stereocenters. The molecule has 0 spiro atoms. The predicted molar refractivity (Wildman–Crippen MR) is 93.5 cm³/mol. The van der Waals surface area contributed by atoms with Crippen LogP contribution in [0.25, 0.3) is 0 Å². The molecule has 130 valence electrons. The third-order valence-electron chi connectivity index (χ3n) is 4.17. The molecule has 0 saturated carbocycles. The van der Waals surface area contributed by atoms with E-state index in [-0.39, 0.29) is 18.2 Å². The SMILES string of the molecule is CCc1ncc(NC(=O)C2CC(=O)N(c3ccc(OC)cc3)C2)cn1. The molecule has 3 rings (SSSR count). The molecule has 0 radical (unpaired) electrons. The summed E-state index contributed by atoms with van der Waals surface area (Å²) in [6, 6.07) is 7.22. The zero-order valence-corrected chi connectivity index (χ0v) is 14.2. The van der Waals surface area contributed by atoms with Crippen molar-refractivity contribution in [3.05, 3.63) is 42.5 Å².